The fraction of sp³-hybridized carbons (Fsp3) is 1.00. The molecule has 0 aromatic heterocycles. The molecule has 1 nitrogen and oxygen atoms in total. The second-order valence-corrected chi connectivity index (χ2v) is 5.09. The van der Waals surface area contributed by atoms with Crippen LogP contribution in [0.5, 0.6) is 0 Å². The van der Waals surface area contributed by atoms with Gasteiger partial charge in [0.2, 0.25) is 0 Å². The highest BCUT2D eigenvalue weighted by Crippen LogP contribution is 2.45. The van der Waals surface area contributed by atoms with Gasteiger partial charge in [-0.25, -0.2) is 0 Å². The Kier molecular flexibility index (Phi) is 1.54. The molecule has 11 heavy (non-hydrogen) atoms. The van der Waals surface area contributed by atoms with Crippen molar-refractivity contribution < 1.29 is 4.74 Å². The van der Waals surface area contributed by atoms with Crippen molar-refractivity contribution in [2.75, 3.05) is 0 Å². The second kappa shape index (κ2) is 2.22. The molecule has 2 fully saturated rings. The first-order valence-electron chi connectivity index (χ1n) is 4.73. The van der Waals surface area contributed by atoms with Crippen LogP contribution < -0.4 is 0 Å². The van der Waals surface area contributed by atoms with E-state index in [0.29, 0.717) is 17.6 Å². The van der Waals surface area contributed by atoms with Gasteiger partial charge in [-0.15, -0.1) is 0 Å². The maximum atomic E-state index is 5.50. The van der Waals surface area contributed by atoms with E-state index in [1.165, 1.54) is 19.3 Å². The van der Waals surface area contributed by atoms with Crippen molar-refractivity contribution in [3.8, 4) is 0 Å². The Morgan fingerprint density at radius 3 is 2.36 bits per heavy atom. The third-order valence-corrected chi connectivity index (χ3v) is 3.23. The summed E-state index contributed by atoms with van der Waals surface area (Å²) in [6.07, 6.45) is 5.31. The molecule has 64 valence electrons. The Bertz CT molecular complexity index is 157. The third-order valence-electron chi connectivity index (χ3n) is 3.23. The normalized spacial score (nSPS) is 43.4. The Morgan fingerprint density at radius 1 is 1.09 bits per heavy atom. The maximum absolute atomic E-state index is 5.50. The average molecular weight is 154 g/mol. The Hall–Kier alpha value is -0.0400. The summed E-state index contributed by atoms with van der Waals surface area (Å²) in [6.45, 7) is 7.04. The van der Waals surface area contributed by atoms with Gasteiger partial charge in [-0.05, 0) is 30.6 Å². The lowest BCUT2D eigenvalue weighted by molar-refractivity contribution is 0.191. The van der Waals surface area contributed by atoms with Gasteiger partial charge in [-0.3, -0.25) is 0 Å². The predicted octanol–water partition coefficient (Wildman–Crippen LogP) is 2.60. The van der Waals surface area contributed by atoms with Crippen molar-refractivity contribution in [1.82, 2.24) is 0 Å². The molecule has 0 aromatic carbocycles. The average Bonchev–Trinajstić information content (AvgIpc) is 2.60. The van der Waals surface area contributed by atoms with Crippen molar-refractivity contribution in [2.45, 2.75) is 52.2 Å². The highest BCUT2D eigenvalue weighted by atomic mass is 16.6. The van der Waals surface area contributed by atoms with Crippen LogP contribution in [0.25, 0.3) is 0 Å². The summed E-state index contributed by atoms with van der Waals surface area (Å²) in [6, 6.07) is 0. The summed E-state index contributed by atoms with van der Waals surface area (Å²) in [5, 5.41) is 0. The van der Waals surface area contributed by atoms with E-state index < -0.39 is 0 Å². The molecule has 1 heterocycles. The molecule has 0 unspecified atom stereocenters. The van der Waals surface area contributed by atoms with Crippen LogP contribution in [0, 0.1) is 11.3 Å². The molecule has 0 bridgehead atoms. The zero-order valence-electron chi connectivity index (χ0n) is 7.76. The minimum absolute atomic E-state index is 0.497. The van der Waals surface area contributed by atoms with Crippen molar-refractivity contribution in [1.29, 1.82) is 0 Å². The summed E-state index contributed by atoms with van der Waals surface area (Å²) in [5.41, 5.74) is 0.497. The van der Waals surface area contributed by atoms with Crippen LogP contribution in [-0.4, -0.2) is 12.2 Å². The molecule has 3 atom stereocenters. The fourth-order valence-electron chi connectivity index (χ4n) is 2.19. The third kappa shape index (κ3) is 1.44. The molecule has 2 rings (SSSR count). The lowest BCUT2D eigenvalue weighted by Gasteiger charge is -2.32. The SMILES string of the molecule is CC(C)(C)[C@H]1CC[C@H]2O[C@@H]2C1. The van der Waals surface area contributed by atoms with E-state index in [1.807, 2.05) is 0 Å². The molecule has 0 N–H and O–H groups in total. The molecular formula is C10H18O. The second-order valence-electron chi connectivity index (χ2n) is 5.09. The fourth-order valence-corrected chi connectivity index (χ4v) is 2.19. The number of fused-ring (bicyclic) bond motifs is 1. The molecule has 0 amide bonds. The van der Waals surface area contributed by atoms with Crippen LogP contribution in [0.4, 0.5) is 0 Å². The lowest BCUT2D eigenvalue weighted by atomic mass is 9.72. The standard InChI is InChI=1S/C10H18O/c1-10(2,3)7-4-5-8-9(6-7)11-8/h7-9H,4-6H2,1-3H3/t7-,8+,9+/m0/s1. The van der Waals surface area contributed by atoms with Crippen LogP contribution in [0.3, 0.4) is 0 Å². The van der Waals surface area contributed by atoms with Crippen LogP contribution >= 0.6 is 0 Å². The summed E-state index contributed by atoms with van der Waals surface area (Å²) in [7, 11) is 0. The number of hydrogen-bond acceptors (Lipinski definition) is 1. The van der Waals surface area contributed by atoms with Gasteiger partial charge in [0.1, 0.15) is 0 Å². The molecule has 0 spiro atoms. The monoisotopic (exact) mass is 154 g/mol. The quantitative estimate of drug-likeness (QED) is 0.489. The number of rotatable bonds is 0. The molecule has 0 radical (unpaired) electrons. The van der Waals surface area contributed by atoms with Crippen molar-refractivity contribution in [2.24, 2.45) is 11.3 Å². The lowest BCUT2D eigenvalue weighted by Crippen LogP contribution is -2.25. The van der Waals surface area contributed by atoms with Crippen molar-refractivity contribution in [3.63, 3.8) is 0 Å². The highest BCUT2D eigenvalue weighted by molar-refractivity contribution is 4.94. The van der Waals surface area contributed by atoms with Gasteiger partial charge in [0.25, 0.3) is 0 Å². The van der Waals surface area contributed by atoms with Gasteiger partial charge in [0.15, 0.2) is 0 Å². The summed E-state index contributed by atoms with van der Waals surface area (Å²) in [4.78, 5) is 0. The van der Waals surface area contributed by atoms with E-state index in [9.17, 15) is 0 Å². The number of epoxide rings is 1. The largest absolute Gasteiger partial charge is 0.370 e. The first kappa shape index (κ1) is 7.60. The zero-order valence-corrected chi connectivity index (χ0v) is 7.76. The van der Waals surface area contributed by atoms with E-state index in [2.05, 4.69) is 20.8 Å². The Balaban J connectivity index is 1.95. The van der Waals surface area contributed by atoms with Gasteiger partial charge in [-0.1, -0.05) is 20.8 Å². The maximum Gasteiger partial charge on any atom is 0.0844 e. The van der Waals surface area contributed by atoms with Gasteiger partial charge in [-0.2, -0.15) is 0 Å². The van der Waals surface area contributed by atoms with Gasteiger partial charge < -0.3 is 4.74 Å². The van der Waals surface area contributed by atoms with Gasteiger partial charge in [0, 0.05) is 0 Å². The zero-order chi connectivity index (χ0) is 8.06. The molecule has 2 aliphatic rings. The van der Waals surface area contributed by atoms with Crippen LogP contribution in [0.2, 0.25) is 0 Å². The summed E-state index contributed by atoms with van der Waals surface area (Å²) in [5.74, 6) is 0.895. The minimum atomic E-state index is 0.497. The van der Waals surface area contributed by atoms with Crippen LogP contribution in [-0.2, 0) is 4.74 Å². The first-order chi connectivity index (χ1) is 5.07. The molecule has 0 aromatic rings. The number of hydrogen-bond donors (Lipinski definition) is 0. The van der Waals surface area contributed by atoms with Gasteiger partial charge in [0.05, 0.1) is 12.2 Å². The summed E-state index contributed by atoms with van der Waals surface area (Å²) < 4.78 is 5.50. The topological polar surface area (TPSA) is 12.5 Å². The van der Waals surface area contributed by atoms with E-state index >= 15 is 0 Å². The molecule has 1 saturated heterocycles. The van der Waals surface area contributed by atoms with E-state index in [-0.39, 0.29) is 0 Å². The molecule has 1 aliphatic carbocycles. The van der Waals surface area contributed by atoms with Crippen molar-refractivity contribution in [3.05, 3.63) is 0 Å². The minimum Gasteiger partial charge on any atom is -0.370 e. The first-order valence-corrected chi connectivity index (χ1v) is 4.73. The molecular weight excluding hydrogens is 136 g/mol. The summed E-state index contributed by atoms with van der Waals surface area (Å²) >= 11 is 0. The van der Waals surface area contributed by atoms with E-state index in [0.717, 1.165) is 5.92 Å². The van der Waals surface area contributed by atoms with E-state index in [1.54, 1.807) is 0 Å². The molecule has 1 aliphatic heterocycles. The highest BCUT2D eigenvalue weighted by Gasteiger charge is 2.46. The van der Waals surface area contributed by atoms with Crippen molar-refractivity contribution >= 4 is 0 Å². The Morgan fingerprint density at radius 2 is 1.82 bits per heavy atom. The van der Waals surface area contributed by atoms with Crippen LogP contribution in [0.15, 0.2) is 0 Å². The van der Waals surface area contributed by atoms with Crippen LogP contribution in [0.1, 0.15) is 40.0 Å². The predicted molar refractivity (Wildman–Crippen MR) is 45.5 cm³/mol. The smallest absolute Gasteiger partial charge is 0.0844 e. The van der Waals surface area contributed by atoms with E-state index in [4.69, 9.17) is 4.74 Å². The molecule has 1 saturated carbocycles. The van der Waals surface area contributed by atoms with Gasteiger partial charge >= 0.3 is 0 Å². The number of ether oxygens (including phenoxy) is 1. The molecule has 1 heteroatoms. The Labute approximate surface area is 69.1 Å².